The van der Waals surface area contributed by atoms with Crippen LogP contribution in [0, 0.1) is 0 Å². The summed E-state index contributed by atoms with van der Waals surface area (Å²) in [5.41, 5.74) is 0. The molecule has 0 N–H and O–H groups in total. The molecular weight excluding hydrogens is 188 g/mol. The van der Waals surface area contributed by atoms with Crippen LogP contribution >= 0.6 is 0 Å². The van der Waals surface area contributed by atoms with Crippen molar-refractivity contribution in [2.45, 2.75) is 51.4 Å². The molecule has 0 aromatic carbocycles. The standard InChI is InChI=1S/C13H22O2/c1-4-5-6-7-8-9-10-12-11-14-13(2,3)15-12/h4,9-10,12H,1,5-8,11H2,2-3H3/b10-9-/t12-/m0/s1. The second-order valence-corrected chi connectivity index (χ2v) is 4.37. The predicted octanol–water partition coefficient (Wildman–Crippen LogP) is 3.44. The van der Waals surface area contributed by atoms with E-state index in [1.807, 2.05) is 19.9 Å². The molecule has 86 valence electrons. The van der Waals surface area contributed by atoms with Gasteiger partial charge < -0.3 is 9.47 Å². The average Bonchev–Trinajstić information content (AvgIpc) is 2.52. The van der Waals surface area contributed by atoms with Gasteiger partial charge in [-0.2, -0.15) is 0 Å². The van der Waals surface area contributed by atoms with Gasteiger partial charge >= 0.3 is 0 Å². The lowest BCUT2D eigenvalue weighted by molar-refractivity contribution is -0.133. The highest BCUT2D eigenvalue weighted by Gasteiger charge is 2.30. The molecule has 1 aliphatic heterocycles. The lowest BCUT2D eigenvalue weighted by atomic mass is 10.2. The van der Waals surface area contributed by atoms with Crippen LogP contribution in [0.2, 0.25) is 0 Å². The van der Waals surface area contributed by atoms with Gasteiger partial charge in [0.25, 0.3) is 0 Å². The van der Waals surface area contributed by atoms with Crippen molar-refractivity contribution in [3.8, 4) is 0 Å². The van der Waals surface area contributed by atoms with E-state index in [0.717, 1.165) is 12.8 Å². The van der Waals surface area contributed by atoms with Gasteiger partial charge in [-0.1, -0.05) is 18.2 Å². The molecule has 15 heavy (non-hydrogen) atoms. The number of hydrogen-bond acceptors (Lipinski definition) is 2. The molecule has 0 aromatic heterocycles. The van der Waals surface area contributed by atoms with E-state index in [9.17, 15) is 0 Å². The first-order chi connectivity index (χ1) is 7.14. The summed E-state index contributed by atoms with van der Waals surface area (Å²) in [5, 5.41) is 0. The minimum absolute atomic E-state index is 0.138. The fraction of sp³-hybridized carbons (Fsp3) is 0.692. The molecule has 0 unspecified atom stereocenters. The van der Waals surface area contributed by atoms with Gasteiger partial charge in [-0.15, -0.1) is 6.58 Å². The Morgan fingerprint density at radius 2 is 2.07 bits per heavy atom. The zero-order valence-corrected chi connectivity index (χ0v) is 9.87. The number of hydrogen-bond donors (Lipinski definition) is 0. The van der Waals surface area contributed by atoms with Crippen molar-refractivity contribution in [1.82, 2.24) is 0 Å². The molecule has 1 fully saturated rings. The minimum Gasteiger partial charge on any atom is -0.347 e. The first-order valence-corrected chi connectivity index (χ1v) is 5.73. The molecule has 1 aliphatic rings. The minimum atomic E-state index is -0.405. The quantitative estimate of drug-likeness (QED) is 0.494. The second-order valence-electron chi connectivity index (χ2n) is 4.37. The Bertz CT molecular complexity index is 219. The molecule has 0 radical (unpaired) electrons. The van der Waals surface area contributed by atoms with Gasteiger partial charge in [0.05, 0.1) is 6.61 Å². The fourth-order valence-corrected chi connectivity index (χ4v) is 1.61. The zero-order valence-electron chi connectivity index (χ0n) is 9.87. The van der Waals surface area contributed by atoms with Crippen LogP contribution in [0.3, 0.4) is 0 Å². The summed E-state index contributed by atoms with van der Waals surface area (Å²) in [6.45, 7) is 8.28. The first kappa shape index (κ1) is 12.5. The van der Waals surface area contributed by atoms with Crippen LogP contribution in [-0.2, 0) is 9.47 Å². The number of unbranched alkanes of at least 4 members (excludes halogenated alkanes) is 3. The van der Waals surface area contributed by atoms with Crippen LogP contribution in [0.15, 0.2) is 24.8 Å². The fourth-order valence-electron chi connectivity index (χ4n) is 1.61. The molecular formula is C13H22O2. The zero-order chi connectivity index (χ0) is 11.1. The Balaban J connectivity index is 2.08. The number of ether oxygens (including phenoxy) is 2. The van der Waals surface area contributed by atoms with Crippen LogP contribution in [0.4, 0.5) is 0 Å². The van der Waals surface area contributed by atoms with Gasteiger partial charge in [0, 0.05) is 0 Å². The smallest absolute Gasteiger partial charge is 0.163 e. The number of allylic oxidation sites excluding steroid dienone is 2. The third-order valence-electron chi connectivity index (χ3n) is 2.41. The van der Waals surface area contributed by atoms with E-state index in [4.69, 9.17) is 9.47 Å². The van der Waals surface area contributed by atoms with Crippen LogP contribution < -0.4 is 0 Å². The maximum Gasteiger partial charge on any atom is 0.163 e. The van der Waals surface area contributed by atoms with Gasteiger partial charge in [-0.05, 0) is 39.5 Å². The molecule has 0 aliphatic carbocycles. The van der Waals surface area contributed by atoms with Crippen molar-refractivity contribution in [2.24, 2.45) is 0 Å². The van der Waals surface area contributed by atoms with Gasteiger partial charge in [0.15, 0.2) is 5.79 Å². The molecule has 1 heterocycles. The maximum absolute atomic E-state index is 5.65. The Labute approximate surface area is 93.0 Å². The summed E-state index contributed by atoms with van der Waals surface area (Å²) in [6, 6.07) is 0. The molecule has 1 saturated heterocycles. The summed E-state index contributed by atoms with van der Waals surface area (Å²) in [7, 11) is 0. The van der Waals surface area contributed by atoms with E-state index in [1.54, 1.807) is 0 Å². The molecule has 1 atom stereocenters. The molecule has 0 saturated carbocycles. The van der Waals surface area contributed by atoms with Gasteiger partial charge in [-0.25, -0.2) is 0 Å². The molecule has 0 amide bonds. The van der Waals surface area contributed by atoms with E-state index in [0.29, 0.717) is 6.61 Å². The van der Waals surface area contributed by atoms with Crippen LogP contribution in [0.25, 0.3) is 0 Å². The van der Waals surface area contributed by atoms with Gasteiger partial charge in [0.1, 0.15) is 6.10 Å². The summed E-state index contributed by atoms with van der Waals surface area (Å²) in [5.74, 6) is -0.405. The Morgan fingerprint density at radius 1 is 1.33 bits per heavy atom. The van der Waals surface area contributed by atoms with E-state index in [-0.39, 0.29) is 6.10 Å². The van der Waals surface area contributed by atoms with Crippen molar-refractivity contribution < 1.29 is 9.47 Å². The van der Waals surface area contributed by atoms with E-state index >= 15 is 0 Å². The monoisotopic (exact) mass is 210 g/mol. The third-order valence-corrected chi connectivity index (χ3v) is 2.41. The average molecular weight is 210 g/mol. The molecule has 1 rings (SSSR count). The van der Waals surface area contributed by atoms with E-state index < -0.39 is 5.79 Å². The maximum atomic E-state index is 5.65. The third kappa shape index (κ3) is 5.14. The molecule has 2 nitrogen and oxygen atoms in total. The van der Waals surface area contributed by atoms with E-state index in [2.05, 4.69) is 18.7 Å². The Morgan fingerprint density at radius 3 is 2.67 bits per heavy atom. The summed E-state index contributed by atoms with van der Waals surface area (Å²) < 4.78 is 11.1. The van der Waals surface area contributed by atoms with Crippen LogP contribution in [0.5, 0.6) is 0 Å². The molecule has 2 heteroatoms. The second kappa shape index (κ2) is 6.09. The van der Waals surface area contributed by atoms with Crippen molar-refractivity contribution in [2.75, 3.05) is 6.61 Å². The lowest BCUT2D eigenvalue weighted by Gasteiger charge is -2.15. The first-order valence-electron chi connectivity index (χ1n) is 5.73. The molecule has 0 spiro atoms. The molecule has 0 aromatic rings. The van der Waals surface area contributed by atoms with Crippen molar-refractivity contribution in [3.05, 3.63) is 24.8 Å². The van der Waals surface area contributed by atoms with Crippen LogP contribution in [-0.4, -0.2) is 18.5 Å². The SMILES string of the molecule is C=CCCCC/C=C\[C@H]1COC(C)(C)O1. The lowest BCUT2D eigenvalue weighted by Crippen LogP contribution is -2.20. The largest absolute Gasteiger partial charge is 0.347 e. The van der Waals surface area contributed by atoms with E-state index in [1.165, 1.54) is 12.8 Å². The Kier molecular flexibility index (Phi) is 5.06. The van der Waals surface area contributed by atoms with Crippen molar-refractivity contribution in [1.29, 1.82) is 0 Å². The highest BCUT2D eigenvalue weighted by molar-refractivity contribution is 4.92. The normalized spacial score (nSPS) is 24.8. The van der Waals surface area contributed by atoms with Gasteiger partial charge in [0.2, 0.25) is 0 Å². The summed E-state index contributed by atoms with van der Waals surface area (Å²) in [6.07, 6.45) is 11.1. The van der Waals surface area contributed by atoms with Gasteiger partial charge in [-0.3, -0.25) is 0 Å². The molecule has 0 bridgehead atoms. The van der Waals surface area contributed by atoms with Crippen molar-refractivity contribution in [3.63, 3.8) is 0 Å². The highest BCUT2D eigenvalue weighted by Crippen LogP contribution is 2.22. The summed E-state index contributed by atoms with van der Waals surface area (Å²) in [4.78, 5) is 0. The van der Waals surface area contributed by atoms with Crippen LogP contribution in [0.1, 0.15) is 39.5 Å². The Hall–Kier alpha value is -0.600. The van der Waals surface area contributed by atoms with Crippen molar-refractivity contribution >= 4 is 0 Å². The number of rotatable bonds is 6. The summed E-state index contributed by atoms with van der Waals surface area (Å²) >= 11 is 0. The topological polar surface area (TPSA) is 18.5 Å². The highest BCUT2D eigenvalue weighted by atomic mass is 16.7. The predicted molar refractivity (Wildman–Crippen MR) is 62.7 cm³/mol.